The minimum atomic E-state index is 0.687. The van der Waals surface area contributed by atoms with Crippen LogP contribution in [0.15, 0.2) is 12.1 Å². The first-order valence-corrected chi connectivity index (χ1v) is 7.12. The number of rotatable bonds is 8. The number of hydrogen-bond donors (Lipinski definition) is 0. The molecule has 0 unspecified atom stereocenters. The molecule has 1 rings (SSSR count). The Balaban J connectivity index is 2.87. The largest absolute Gasteiger partial charge is 0.493 e. The average molecular weight is 265 g/mol. The summed E-state index contributed by atoms with van der Waals surface area (Å²) in [6.45, 7) is 8.58. The summed E-state index contributed by atoms with van der Waals surface area (Å²) < 4.78 is 11.5. The van der Waals surface area contributed by atoms with E-state index in [0.717, 1.165) is 36.4 Å². The van der Waals surface area contributed by atoms with Crippen molar-refractivity contribution in [1.82, 2.24) is 4.90 Å². The predicted octanol–water partition coefficient (Wildman–Crippen LogP) is 3.29. The molecule has 19 heavy (non-hydrogen) atoms. The number of ether oxygens (including phenoxy) is 2. The molecule has 0 bridgehead atoms. The van der Waals surface area contributed by atoms with E-state index in [2.05, 4.69) is 38.1 Å². The maximum Gasteiger partial charge on any atom is 0.129 e. The monoisotopic (exact) mass is 265 g/mol. The maximum atomic E-state index is 5.82. The van der Waals surface area contributed by atoms with Gasteiger partial charge in [0, 0.05) is 5.56 Å². The lowest BCUT2D eigenvalue weighted by atomic mass is 10.0. The van der Waals surface area contributed by atoms with E-state index >= 15 is 0 Å². The molecule has 0 N–H and O–H groups in total. The van der Waals surface area contributed by atoms with Crippen molar-refractivity contribution < 1.29 is 9.47 Å². The summed E-state index contributed by atoms with van der Waals surface area (Å²) in [7, 11) is 4.21. The molecule has 0 aromatic heterocycles. The molecule has 0 fully saturated rings. The lowest BCUT2D eigenvalue weighted by Crippen LogP contribution is -2.13. The van der Waals surface area contributed by atoms with Crippen LogP contribution >= 0.6 is 0 Å². The first-order valence-electron chi connectivity index (χ1n) is 7.12. The van der Waals surface area contributed by atoms with E-state index in [1.165, 1.54) is 5.56 Å². The van der Waals surface area contributed by atoms with Gasteiger partial charge in [-0.25, -0.2) is 0 Å². The molecular weight excluding hydrogens is 238 g/mol. The Labute approximate surface area is 117 Å². The summed E-state index contributed by atoms with van der Waals surface area (Å²) in [5.74, 6) is 1.94. The fraction of sp³-hybridized carbons (Fsp3) is 0.625. The lowest BCUT2D eigenvalue weighted by Gasteiger charge is -2.17. The number of benzene rings is 1. The molecule has 1 aromatic carbocycles. The molecule has 0 aliphatic carbocycles. The number of aryl methyl sites for hydroxylation is 1. The van der Waals surface area contributed by atoms with Gasteiger partial charge in [-0.15, -0.1) is 0 Å². The van der Waals surface area contributed by atoms with E-state index in [4.69, 9.17) is 9.47 Å². The van der Waals surface area contributed by atoms with E-state index in [-0.39, 0.29) is 0 Å². The zero-order valence-corrected chi connectivity index (χ0v) is 13.0. The van der Waals surface area contributed by atoms with Gasteiger partial charge in [0.15, 0.2) is 0 Å². The number of hydrogen-bond acceptors (Lipinski definition) is 3. The summed E-state index contributed by atoms with van der Waals surface area (Å²) >= 11 is 0. The summed E-state index contributed by atoms with van der Waals surface area (Å²) in [5.41, 5.74) is 2.40. The molecule has 0 spiro atoms. The Hall–Kier alpha value is -1.22. The highest BCUT2D eigenvalue weighted by Gasteiger charge is 2.12. The smallest absolute Gasteiger partial charge is 0.129 e. The SMILES string of the molecule is CCOc1ccc(CCCN(C)C)c(OCC)c1C. The zero-order chi connectivity index (χ0) is 14.3. The second-order valence-corrected chi connectivity index (χ2v) is 4.95. The van der Waals surface area contributed by atoms with Crippen LogP contribution in [0.25, 0.3) is 0 Å². The summed E-state index contributed by atoms with van der Waals surface area (Å²) in [6, 6.07) is 4.20. The molecule has 0 aliphatic rings. The summed E-state index contributed by atoms with van der Waals surface area (Å²) in [4.78, 5) is 2.21. The van der Waals surface area contributed by atoms with Crippen LogP contribution in [-0.4, -0.2) is 38.8 Å². The Morgan fingerprint density at radius 2 is 1.74 bits per heavy atom. The van der Waals surface area contributed by atoms with Crippen LogP contribution < -0.4 is 9.47 Å². The molecule has 0 saturated carbocycles. The molecule has 3 heteroatoms. The predicted molar refractivity (Wildman–Crippen MR) is 80.4 cm³/mol. The van der Waals surface area contributed by atoms with Gasteiger partial charge in [0.25, 0.3) is 0 Å². The summed E-state index contributed by atoms with van der Waals surface area (Å²) in [6.07, 6.45) is 2.18. The van der Waals surface area contributed by atoms with E-state index in [1.807, 2.05) is 13.8 Å². The van der Waals surface area contributed by atoms with Crippen molar-refractivity contribution in [1.29, 1.82) is 0 Å². The van der Waals surface area contributed by atoms with Crippen LogP contribution in [0.5, 0.6) is 11.5 Å². The Kier molecular flexibility index (Phi) is 6.71. The van der Waals surface area contributed by atoms with Crippen molar-refractivity contribution in [2.75, 3.05) is 33.9 Å². The molecule has 0 atom stereocenters. The van der Waals surface area contributed by atoms with Gasteiger partial charge in [0.2, 0.25) is 0 Å². The van der Waals surface area contributed by atoms with E-state index < -0.39 is 0 Å². The number of nitrogens with zero attached hydrogens (tertiary/aromatic N) is 1. The van der Waals surface area contributed by atoms with Crippen molar-refractivity contribution in [3.63, 3.8) is 0 Å². The van der Waals surface area contributed by atoms with Gasteiger partial charge in [-0.3, -0.25) is 0 Å². The van der Waals surface area contributed by atoms with Crippen LogP contribution in [0.4, 0.5) is 0 Å². The zero-order valence-electron chi connectivity index (χ0n) is 13.0. The topological polar surface area (TPSA) is 21.7 Å². The molecule has 0 aliphatic heterocycles. The molecule has 108 valence electrons. The second kappa shape index (κ2) is 8.05. The van der Waals surface area contributed by atoms with E-state index in [1.54, 1.807) is 0 Å². The van der Waals surface area contributed by atoms with Gasteiger partial charge in [0.1, 0.15) is 11.5 Å². The van der Waals surface area contributed by atoms with Crippen LogP contribution in [0.1, 0.15) is 31.4 Å². The fourth-order valence-electron chi connectivity index (χ4n) is 2.17. The minimum Gasteiger partial charge on any atom is -0.493 e. The quantitative estimate of drug-likeness (QED) is 0.720. The van der Waals surface area contributed by atoms with Crippen molar-refractivity contribution in [2.24, 2.45) is 0 Å². The van der Waals surface area contributed by atoms with Crippen LogP contribution in [-0.2, 0) is 6.42 Å². The third kappa shape index (κ3) is 4.75. The first kappa shape index (κ1) is 15.8. The highest BCUT2D eigenvalue weighted by molar-refractivity contribution is 5.49. The molecule has 0 heterocycles. The normalized spacial score (nSPS) is 10.8. The van der Waals surface area contributed by atoms with E-state index in [0.29, 0.717) is 13.2 Å². The van der Waals surface area contributed by atoms with Crippen molar-refractivity contribution in [3.05, 3.63) is 23.3 Å². The first-order chi connectivity index (χ1) is 9.10. The van der Waals surface area contributed by atoms with Crippen LogP contribution in [0.3, 0.4) is 0 Å². The lowest BCUT2D eigenvalue weighted by molar-refractivity contribution is 0.315. The Bertz CT molecular complexity index is 389. The highest BCUT2D eigenvalue weighted by atomic mass is 16.5. The van der Waals surface area contributed by atoms with Crippen LogP contribution in [0, 0.1) is 6.92 Å². The molecule has 0 radical (unpaired) electrons. The van der Waals surface area contributed by atoms with Gasteiger partial charge in [0.05, 0.1) is 13.2 Å². The minimum absolute atomic E-state index is 0.687. The van der Waals surface area contributed by atoms with Gasteiger partial charge < -0.3 is 14.4 Å². The maximum absolute atomic E-state index is 5.82. The van der Waals surface area contributed by atoms with Gasteiger partial charge in [-0.2, -0.15) is 0 Å². The standard InChI is InChI=1S/C16H27NO2/c1-6-18-15-11-10-14(9-8-12-17(4)5)16(13(15)3)19-7-2/h10-11H,6-9,12H2,1-5H3. The second-order valence-electron chi connectivity index (χ2n) is 4.95. The molecule has 0 saturated heterocycles. The van der Waals surface area contributed by atoms with Crippen molar-refractivity contribution in [3.8, 4) is 11.5 Å². The Morgan fingerprint density at radius 1 is 1.05 bits per heavy atom. The van der Waals surface area contributed by atoms with Gasteiger partial charge in [-0.1, -0.05) is 6.07 Å². The molecular formula is C16H27NO2. The molecule has 1 aromatic rings. The van der Waals surface area contributed by atoms with Crippen molar-refractivity contribution in [2.45, 2.75) is 33.6 Å². The fourth-order valence-corrected chi connectivity index (χ4v) is 2.17. The molecule has 3 nitrogen and oxygen atoms in total. The molecule has 0 amide bonds. The highest BCUT2D eigenvalue weighted by Crippen LogP contribution is 2.32. The summed E-state index contributed by atoms with van der Waals surface area (Å²) in [5, 5.41) is 0. The van der Waals surface area contributed by atoms with E-state index in [9.17, 15) is 0 Å². The average Bonchev–Trinajstić information content (AvgIpc) is 2.36. The van der Waals surface area contributed by atoms with Gasteiger partial charge in [-0.05, 0) is 65.9 Å². The van der Waals surface area contributed by atoms with Crippen LogP contribution in [0.2, 0.25) is 0 Å². The Morgan fingerprint density at radius 3 is 2.32 bits per heavy atom. The van der Waals surface area contributed by atoms with Crippen molar-refractivity contribution >= 4 is 0 Å². The van der Waals surface area contributed by atoms with Gasteiger partial charge >= 0.3 is 0 Å². The third-order valence-corrected chi connectivity index (χ3v) is 3.08. The third-order valence-electron chi connectivity index (χ3n) is 3.08.